The van der Waals surface area contributed by atoms with Gasteiger partial charge in [0.15, 0.2) is 5.69 Å². The molecule has 0 saturated heterocycles. The average molecular weight is 407 g/mol. The van der Waals surface area contributed by atoms with Crippen LogP contribution in [0.1, 0.15) is 17.4 Å². The summed E-state index contributed by atoms with van der Waals surface area (Å²) in [4.78, 5) is 12.5. The van der Waals surface area contributed by atoms with Crippen LogP contribution < -0.4 is 5.73 Å². The molecule has 0 aliphatic heterocycles. The minimum atomic E-state index is -0.442. The van der Waals surface area contributed by atoms with E-state index in [2.05, 4.69) is 35.4 Å². The molecule has 0 spiro atoms. The number of fused-ring (bicyclic) bond motifs is 2. The smallest absolute Gasteiger partial charge is 0.358 e. The third kappa shape index (κ3) is 3.30. The van der Waals surface area contributed by atoms with Crippen molar-refractivity contribution in [2.45, 2.75) is 6.92 Å². The van der Waals surface area contributed by atoms with E-state index >= 15 is 0 Å². The normalized spacial score (nSPS) is 11.1. The van der Waals surface area contributed by atoms with Crippen molar-refractivity contribution >= 4 is 33.2 Å². The van der Waals surface area contributed by atoms with Crippen molar-refractivity contribution in [1.29, 1.82) is 0 Å². The molecule has 5 nitrogen and oxygen atoms in total. The molecule has 2 N–H and O–H groups in total. The summed E-state index contributed by atoms with van der Waals surface area (Å²) in [6.07, 6.45) is 0. The van der Waals surface area contributed by atoms with E-state index < -0.39 is 5.97 Å². The first-order valence-corrected chi connectivity index (χ1v) is 10.2. The number of carbonyl (C=O) groups excluding carboxylic acids is 1. The lowest BCUT2D eigenvalue weighted by atomic mass is 9.94. The van der Waals surface area contributed by atoms with Crippen molar-refractivity contribution in [3.8, 4) is 16.9 Å². The summed E-state index contributed by atoms with van der Waals surface area (Å²) < 4.78 is 7.02. The van der Waals surface area contributed by atoms with Crippen LogP contribution in [0.2, 0.25) is 0 Å². The van der Waals surface area contributed by atoms with Crippen molar-refractivity contribution in [1.82, 2.24) is 9.78 Å². The van der Waals surface area contributed by atoms with Crippen LogP contribution >= 0.6 is 0 Å². The van der Waals surface area contributed by atoms with E-state index in [0.717, 1.165) is 38.5 Å². The monoisotopic (exact) mass is 407 g/mol. The molecule has 1 aromatic heterocycles. The lowest BCUT2D eigenvalue weighted by molar-refractivity contribution is 0.0519. The van der Waals surface area contributed by atoms with Crippen LogP contribution in [0.3, 0.4) is 0 Å². The summed E-state index contributed by atoms with van der Waals surface area (Å²) in [6, 6.07) is 27.9. The summed E-state index contributed by atoms with van der Waals surface area (Å²) in [5, 5.41) is 9.05. The highest BCUT2D eigenvalue weighted by Gasteiger charge is 2.21. The molecule has 0 fully saturated rings. The minimum Gasteiger partial charge on any atom is -0.461 e. The van der Waals surface area contributed by atoms with Crippen LogP contribution in [0.5, 0.6) is 0 Å². The summed E-state index contributed by atoms with van der Waals surface area (Å²) in [7, 11) is 0. The highest BCUT2D eigenvalue weighted by Crippen LogP contribution is 2.37. The molecular weight excluding hydrogens is 386 g/mol. The molecule has 0 atom stereocenters. The molecule has 152 valence electrons. The van der Waals surface area contributed by atoms with E-state index in [-0.39, 0.29) is 5.69 Å². The Morgan fingerprint density at radius 2 is 1.52 bits per heavy atom. The number of hydrogen-bond acceptors (Lipinski definition) is 4. The number of ether oxygens (including phenoxy) is 1. The van der Waals surface area contributed by atoms with Crippen LogP contribution in [0.25, 0.3) is 38.5 Å². The lowest BCUT2D eigenvalue weighted by Gasteiger charge is -2.14. The minimum absolute atomic E-state index is 0.269. The number of nitrogens with two attached hydrogens (primary N) is 1. The Labute approximate surface area is 179 Å². The van der Waals surface area contributed by atoms with Crippen molar-refractivity contribution in [2.75, 3.05) is 12.3 Å². The zero-order valence-electron chi connectivity index (χ0n) is 17.1. The van der Waals surface area contributed by atoms with E-state index in [9.17, 15) is 4.79 Å². The fraction of sp³-hybridized carbons (Fsp3) is 0.0769. The molecule has 5 heteroatoms. The standard InChI is InChI=1S/C26H21N3O2/c1-2-31-26(30)23-16-24(29(28-23)20-13-11-19(27)12-14-20)25-21-9-5-3-7-17(21)15-18-8-4-6-10-22(18)25/h3-16H,2,27H2,1H3. The van der Waals surface area contributed by atoms with Crippen LogP contribution in [-0.4, -0.2) is 22.4 Å². The van der Waals surface area contributed by atoms with Crippen LogP contribution in [0.15, 0.2) is 84.9 Å². The van der Waals surface area contributed by atoms with Gasteiger partial charge in [0, 0.05) is 11.3 Å². The van der Waals surface area contributed by atoms with Gasteiger partial charge in [0.05, 0.1) is 18.0 Å². The van der Waals surface area contributed by atoms with Gasteiger partial charge in [0.1, 0.15) is 0 Å². The summed E-state index contributed by atoms with van der Waals surface area (Å²) in [5.41, 5.74) is 9.49. The van der Waals surface area contributed by atoms with Gasteiger partial charge >= 0.3 is 5.97 Å². The largest absolute Gasteiger partial charge is 0.461 e. The number of rotatable bonds is 4. The highest BCUT2D eigenvalue weighted by molar-refractivity contribution is 6.12. The predicted molar refractivity (Wildman–Crippen MR) is 124 cm³/mol. The van der Waals surface area contributed by atoms with Gasteiger partial charge in [-0.05, 0) is 64.9 Å². The number of hydrogen-bond donors (Lipinski definition) is 1. The van der Waals surface area contributed by atoms with Gasteiger partial charge in [-0.25, -0.2) is 9.48 Å². The summed E-state index contributed by atoms with van der Waals surface area (Å²) in [5.74, 6) is -0.442. The zero-order valence-corrected chi connectivity index (χ0v) is 17.1. The Bertz CT molecular complexity index is 1360. The number of benzene rings is 4. The predicted octanol–water partition coefficient (Wildman–Crippen LogP) is 5.60. The number of aromatic nitrogens is 2. The molecule has 0 radical (unpaired) electrons. The molecule has 5 rings (SSSR count). The number of nitrogens with zero attached hydrogens (tertiary/aromatic N) is 2. The molecule has 0 amide bonds. The van der Waals surface area contributed by atoms with E-state index in [4.69, 9.17) is 10.5 Å². The molecule has 1 heterocycles. The lowest BCUT2D eigenvalue weighted by Crippen LogP contribution is -2.07. The third-order valence-electron chi connectivity index (χ3n) is 5.36. The van der Waals surface area contributed by atoms with Crippen molar-refractivity contribution < 1.29 is 9.53 Å². The van der Waals surface area contributed by atoms with Gasteiger partial charge in [-0.15, -0.1) is 0 Å². The van der Waals surface area contributed by atoms with Crippen LogP contribution in [0, 0.1) is 0 Å². The Kier molecular flexibility index (Phi) is 4.64. The molecular formula is C26H21N3O2. The van der Waals surface area contributed by atoms with E-state index in [1.807, 2.05) is 54.6 Å². The first kappa shape index (κ1) is 18.9. The van der Waals surface area contributed by atoms with Gasteiger partial charge in [0.25, 0.3) is 0 Å². The second kappa shape index (κ2) is 7.61. The van der Waals surface area contributed by atoms with E-state index in [0.29, 0.717) is 12.3 Å². The molecule has 0 aliphatic rings. The zero-order chi connectivity index (χ0) is 21.4. The molecule has 0 saturated carbocycles. The van der Waals surface area contributed by atoms with Crippen molar-refractivity contribution in [3.05, 3.63) is 90.6 Å². The fourth-order valence-corrected chi connectivity index (χ4v) is 3.97. The maximum atomic E-state index is 12.5. The van der Waals surface area contributed by atoms with Gasteiger partial charge in [-0.3, -0.25) is 0 Å². The maximum absolute atomic E-state index is 12.5. The third-order valence-corrected chi connectivity index (χ3v) is 5.36. The highest BCUT2D eigenvalue weighted by atomic mass is 16.5. The number of carbonyl (C=O) groups is 1. The quantitative estimate of drug-likeness (QED) is 0.239. The first-order chi connectivity index (χ1) is 15.2. The molecule has 0 aliphatic carbocycles. The van der Waals surface area contributed by atoms with Crippen molar-refractivity contribution in [2.24, 2.45) is 0 Å². The fourth-order valence-electron chi connectivity index (χ4n) is 3.97. The topological polar surface area (TPSA) is 70.1 Å². The van der Waals surface area contributed by atoms with E-state index in [1.165, 1.54) is 0 Å². The van der Waals surface area contributed by atoms with Crippen molar-refractivity contribution in [3.63, 3.8) is 0 Å². The van der Waals surface area contributed by atoms with E-state index in [1.54, 1.807) is 11.6 Å². The van der Waals surface area contributed by atoms with Gasteiger partial charge in [0.2, 0.25) is 0 Å². The summed E-state index contributed by atoms with van der Waals surface area (Å²) >= 11 is 0. The maximum Gasteiger partial charge on any atom is 0.358 e. The Morgan fingerprint density at radius 1 is 0.903 bits per heavy atom. The molecule has 0 bridgehead atoms. The van der Waals surface area contributed by atoms with Crippen LogP contribution in [-0.2, 0) is 4.74 Å². The Balaban J connectivity index is 1.86. The number of esters is 1. The average Bonchev–Trinajstić information content (AvgIpc) is 3.23. The van der Waals surface area contributed by atoms with Crippen LogP contribution in [0.4, 0.5) is 5.69 Å². The van der Waals surface area contributed by atoms with Gasteiger partial charge in [-0.2, -0.15) is 5.10 Å². The SMILES string of the molecule is CCOC(=O)c1cc(-c2c3ccccc3cc3ccccc23)n(-c2ccc(N)cc2)n1. The molecule has 4 aromatic carbocycles. The Morgan fingerprint density at radius 3 is 2.13 bits per heavy atom. The Hall–Kier alpha value is -4.12. The molecule has 5 aromatic rings. The van der Waals surface area contributed by atoms with Gasteiger partial charge < -0.3 is 10.5 Å². The number of nitrogen functional groups attached to an aromatic ring is 1. The summed E-state index contributed by atoms with van der Waals surface area (Å²) in [6.45, 7) is 2.08. The molecule has 0 unspecified atom stereocenters. The second-order valence-corrected chi connectivity index (χ2v) is 7.33. The molecule has 31 heavy (non-hydrogen) atoms. The number of anilines is 1. The first-order valence-electron chi connectivity index (χ1n) is 10.2. The second-order valence-electron chi connectivity index (χ2n) is 7.33. The van der Waals surface area contributed by atoms with Gasteiger partial charge in [-0.1, -0.05) is 48.5 Å².